The summed E-state index contributed by atoms with van der Waals surface area (Å²) in [6, 6.07) is 7.51. The molecular formula is C15H23Cl2N3O. The first-order valence-electron chi connectivity index (χ1n) is 7.11. The third-order valence-corrected chi connectivity index (χ3v) is 3.96. The van der Waals surface area contributed by atoms with Gasteiger partial charge in [-0.3, -0.25) is 9.69 Å². The van der Waals surface area contributed by atoms with E-state index in [1.165, 1.54) is 6.42 Å². The predicted molar refractivity (Wildman–Crippen MR) is 88.8 cm³/mol. The van der Waals surface area contributed by atoms with Crippen LogP contribution in [0.4, 0.5) is 0 Å². The molecule has 21 heavy (non-hydrogen) atoms. The highest BCUT2D eigenvalue weighted by molar-refractivity contribution is 6.30. The van der Waals surface area contributed by atoms with Crippen molar-refractivity contribution in [2.75, 3.05) is 26.2 Å². The average Bonchev–Trinajstić information content (AvgIpc) is 2.47. The molecule has 1 amide bonds. The fourth-order valence-corrected chi connectivity index (χ4v) is 2.68. The van der Waals surface area contributed by atoms with E-state index in [1.807, 2.05) is 24.3 Å². The van der Waals surface area contributed by atoms with Crippen LogP contribution in [0.2, 0.25) is 5.02 Å². The summed E-state index contributed by atoms with van der Waals surface area (Å²) in [5.74, 6) is 0.602. The maximum Gasteiger partial charge on any atom is 0.234 e. The SMILES string of the molecule is Cl.NCC1CCCN(CC(=O)NCc2ccc(Cl)cc2)C1. The zero-order valence-corrected chi connectivity index (χ0v) is 13.6. The Morgan fingerprint density at radius 2 is 2.10 bits per heavy atom. The van der Waals surface area contributed by atoms with Crippen molar-refractivity contribution < 1.29 is 4.79 Å². The molecule has 1 saturated heterocycles. The molecule has 4 nitrogen and oxygen atoms in total. The van der Waals surface area contributed by atoms with Crippen LogP contribution >= 0.6 is 24.0 Å². The highest BCUT2D eigenvalue weighted by atomic mass is 35.5. The molecule has 1 aromatic rings. The van der Waals surface area contributed by atoms with Gasteiger partial charge in [-0.2, -0.15) is 0 Å². The summed E-state index contributed by atoms with van der Waals surface area (Å²) in [6.07, 6.45) is 2.31. The Balaban J connectivity index is 0.00000220. The first-order valence-corrected chi connectivity index (χ1v) is 7.48. The Hall–Kier alpha value is -0.810. The summed E-state index contributed by atoms with van der Waals surface area (Å²) in [6.45, 7) is 3.65. The third-order valence-electron chi connectivity index (χ3n) is 3.71. The van der Waals surface area contributed by atoms with Crippen LogP contribution in [0.25, 0.3) is 0 Å². The summed E-state index contributed by atoms with van der Waals surface area (Å²) >= 11 is 5.83. The van der Waals surface area contributed by atoms with Gasteiger partial charge in [-0.15, -0.1) is 12.4 Å². The normalized spacial score (nSPS) is 18.9. The van der Waals surface area contributed by atoms with Crippen LogP contribution in [-0.4, -0.2) is 37.0 Å². The van der Waals surface area contributed by atoms with Crippen molar-refractivity contribution in [1.82, 2.24) is 10.2 Å². The number of nitrogens with two attached hydrogens (primary N) is 1. The number of halogens is 2. The third kappa shape index (κ3) is 6.22. The van der Waals surface area contributed by atoms with Gasteiger partial charge < -0.3 is 11.1 Å². The fourth-order valence-electron chi connectivity index (χ4n) is 2.55. The second kappa shape index (κ2) is 9.26. The molecule has 0 aromatic heterocycles. The Morgan fingerprint density at radius 1 is 1.38 bits per heavy atom. The Kier molecular flexibility index (Phi) is 8.04. The number of hydrogen-bond acceptors (Lipinski definition) is 3. The monoisotopic (exact) mass is 331 g/mol. The molecule has 1 unspecified atom stereocenters. The first kappa shape index (κ1) is 18.2. The number of nitrogens with zero attached hydrogens (tertiary/aromatic N) is 1. The molecule has 1 fully saturated rings. The van der Waals surface area contributed by atoms with E-state index in [4.69, 9.17) is 17.3 Å². The number of amides is 1. The summed E-state index contributed by atoms with van der Waals surface area (Å²) in [5.41, 5.74) is 6.76. The quantitative estimate of drug-likeness (QED) is 0.868. The molecule has 6 heteroatoms. The molecule has 3 N–H and O–H groups in total. The van der Waals surface area contributed by atoms with Gasteiger partial charge in [0.1, 0.15) is 0 Å². The second-order valence-corrected chi connectivity index (χ2v) is 5.82. The van der Waals surface area contributed by atoms with Gasteiger partial charge in [0.25, 0.3) is 0 Å². The van der Waals surface area contributed by atoms with E-state index in [1.54, 1.807) is 0 Å². The highest BCUT2D eigenvalue weighted by Crippen LogP contribution is 2.14. The minimum Gasteiger partial charge on any atom is -0.351 e. The second-order valence-electron chi connectivity index (χ2n) is 5.38. The van der Waals surface area contributed by atoms with E-state index in [0.29, 0.717) is 30.6 Å². The van der Waals surface area contributed by atoms with Crippen LogP contribution in [0.1, 0.15) is 18.4 Å². The van der Waals surface area contributed by atoms with Gasteiger partial charge in [0.05, 0.1) is 6.54 Å². The van der Waals surface area contributed by atoms with Crippen LogP contribution in [0, 0.1) is 5.92 Å². The maximum absolute atomic E-state index is 11.9. The van der Waals surface area contributed by atoms with Crippen LogP contribution in [-0.2, 0) is 11.3 Å². The zero-order chi connectivity index (χ0) is 14.4. The van der Waals surface area contributed by atoms with Gasteiger partial charge in [0, 0.05) is 18.1 Å². The number of hydrogen-bond donors (Lipinski definition) is 2. The van der Waals surface area contributed by atoms with Gasteiger partial charge >= 0.3 is 0 Å². The van der Waals surface area contributed by atoms with E-state index < -0.39 is 0 Å². The van der Waals surface area contributed by atoms with E-state index in [0.717, 1.165) is 25.1 Å². The fraction of sp³-hybridized carbons (Fsp3) is 0.533. The van der Waals surface area contributed by atoms with Crippen LogP contribution in [0.3, 0.4) is 0 Å². The van der Waals surface area contributed by atoms with Crippen LogP contribution in [0.5, 0.6) is 0 Å². The molecule has 2 rings (SSSR count). The minimum absolute atomic E-state index is 0. The highest BCUT2D eigenvalue weighted by Gasteiger charge is 2.20. The van der Waals surface area contributed by atoms with Crippen LogP contribution < -0.4 is 11.1 Å². The molecule has 0 saturated carbocycles. The molecule has 0 bridgehead atoms. The van der Waals surface area contributed by atoms with Gasteiger partial charge in [0.2, 0.25) is 5.91 Å². The average molecular weight is 332 g/mol. The maximum atomic E-state index is 11.9. The Labute approximate surface area is 137 Å². The lowest BCUT2D eigenvalue weighted by molar-refractivity contribution is -0.122. The van der Waals surface area contributed by atoms with Crippen molar-refractivity contribution in [2.45, 2.75) is 19.4 Å². The molecule has 1 aliphatic heterocycles. The number of rotatable bonds is 5. The molecule has 1 aromatic carbocycles. The molecule has 0 aliphatic carbocycles. The van der Waals surface area contributed by atoms with E-state index in [2.05, 4.69) is 10.2 Å². The smallest absolute Gasteiger partial charge is 0.234 e. The van der Waals surface area contributed by atoms with Crippen molar-refractivity contribution in [3.63, 3.8) is 0 Å². The largest absolute Gasteiger partial charge is 0.351 e. The molecule has 0 radical (unpaired) electrons. The summed E-state index contributed by atoms with van der Waals surface area (Å²) in [7, 11) is 0. The number of carbonyl (C=O) groups is 1. The number of likely N-dealkylation sites (tertiary alicyclic amines) is 1. The lowest BCUT2D eigenvalue weighted by atomic mass is 9.98. The van der Waals surface area contributed by atoms with Crippen molar-refractivity contribution in [2.24, 2.45) is 11.7 Å². The Morgan fingerprint density at radius 3 is 2.76 bits per heavy atom. The van der Waals surface area contributed by atoms with Crippen molar-refractivity contribution in [1.29, 1.82) is 0 Å². The minimum atomic E-state index is 0. The van der Waals surface area contributed by atoms with E-state index in [-0.39, 0.29) is 18.3 Å². The first-order chi connectivity index (χ1) is 9.67. The number of piperidine rings is 1. The van der Waals surface area contributed by atoms with Gasteiger partial charge in [-0.25, -0.2) is 0 Å². The van der Waals surface area contributed by atoms with Gasteiger partial charge in [-0.05, 0) is 49.5 Å². The Bertz CT molecular complexity index is 439. The molecule has 118 valence electrons. The summed E-state index contributed by atoms with van der Waals surface area (Å²) in [4.78, 5) is 14.1. The number of carbonyl (C=O) groups excluding carboxylic acids is 1. The summed E-state index contributed by atoms with van der Waals surface area (Å²) in [5, 5.41) is 3.65. The lowest BCUT2D eigenvalue weighted by Crippen LogP contribution is -2.43. The number of benzene rings is 1. The summed E-state index contributed by atoms with van der Waals surface area (Å²) < 4.78 is 0. The van der Waals surface area contributed by atoms with Crippen molar-refractivity contribution in [3.05, 3.63) is 34.9 Å². The lowest BCUT2D eigenvalue weighted by Gasteiger charge is -2.31. The topological polar surface area (TPSA) is 58.4 Å². The molecule has 0 spiro atoms. The zero-order valence-electron chi connectivity index (χ0n) is 12.1. The van der Waals surface area contributed by atoms with Crippen molar-refractivity contribution >= 4 is 29.9 Å². The van der Waals surface area contributed by atoms with E-state index >= 15 is 0 Å². The van der Waals surface area contributed by atoms with Crippen molar-refractivity contribution in [3.8, 4) is 0 Å². The molecule has 1 heterocycles. The van der Waals surface area contributed by atoms with Gasteiger partial charge in [0.15, 0.2) is 0 Å². The molecular weight excluding hydrogens is 309 g/mol. The number of nitrogens with one attached hydrogen (secondary N) is 1. The van der Waals surface area contributed by atoms with E-state index in [9.17, 15) is 4.79 Å². The predicted octanol–water partition coefficient (Wildman–Crippen LogP) is 2.05. The van der Waals surface area contributed by atoms with Crippen LogP contribution in [0.15, 0.2) is 24.3 Å². The van der Waals surface area contributed by atoms with Gasteiger partial charge in [-0.1, -0.05) is 23.7 Å². The molecule has 1 aliphatic rings. The molecule has 1 atom stereocenters. The standard InChI is InChI=1S/C15H22ClN3O.ClH/c16-14-5-3-12(4-6-14)9-18-15(20)11-19-7-1-2-13(8-17)10-19;/h3-6,13H,1-2,7-11,17H2,(H,18,20);1H.